The summed E-state index contributed by atoms with van der Waals surface area (Å²) in [6, 6.07) is 24.0. The van der Waals surface area contributed by atoms with Gasteiger partial charge in [0.05, 0.1) is 33.6 Å². The van der Waals surface area contributed by atoms with Gasteiger partial charge < -0.3 is 16.2 Å². The second kappa shape index (κ2) is 16.1. The third-order valence-electron chi connectivity index (χ3n) is 7.48. The molecule has 0 radical (unpaired) electrons. The third kappa shape index (κ3) is 10.4. The summed E-state index contributed by atoms with van der Waals surface area (Å²) in [6.07, 6.45) is -1.44. The largest absolute Gasteiger partial charge is 0.399 e. The van der Waals surface area contributed by atoms with Gasteiger partial charge in [-0.05, 0) is 65.1 Å². The summed E-state index contributed by atoms with van der Waals surface area (Å²) >= 11 is 0. The van der Waals surface area contributed by atoms with Crippen LogP contribution in [0.1, 0.15) is 19.4 Å². The molecule has 0 fully saturated rings. The van der Waals surface area contributed by atoms with Crippen LogP contribution in [0.25, 0.3) is 10.8 Å². The van der Waals surface area contributed by atoms with E-state index in [0.717, 1.165) is 15.1 Å². The van der Waals surface area contributed by atoms with E-state index in [1.807, 2.05) is 42.8 Å². The van der Waals surface area contributed by atoms with Gasteiger partial charge in [0, 0.05) is 23.7 Å². The van der Waals surface area contributed by atoms with Crippen molar-refractivity contribution >= 4 is 53.5 Å². The lowest BCUT2D eigenvalue weighted by atomic mass is 10.0. The lowest BCUT2D eigenvalue weighted by Gasteiger charge is -2.31. The molecule has 1 amide bonds. The number of aliphatic hydroxyl groups excluding tert-OH is 1. The minimum atomic E-state index is -4.94. The Morgan fingerprint density at radius 2 is 1.50 bits per heavy atom. The van der Waals surface area contributed by atoms with E-state index < -0.39 is 67.5 Å². The molecule has 258 valence electrons. The van der Waals surface area contributed by atoms with Crippen molar-refractivity contribution in [2.75, 3.05) is 24.6 Å². The van der Waals surface area contributed by atoms with Crippen molar-refractivity contribution in [3.63, 3.8) is 0 Å². The number of hydrogen-bond acceptors (Lipinski definition) is 8. The van der Waals surface area contributed by atoms with Gasteiger partial charge in [0.2, 0.25) is 15.9 Å². The first kappa shape index (κ1) is 37.1. The topological polar surface area (TPSA) is 196 Å². The first-order valence-electron chi connectivity index (χ1n) is 15.1. The number of amides is 1. The summed E-state index contributed by atoms with van der Waals surface area (Å²) in [7, 11) is -10.9. The summed E-state index contributed by atoms with van der Waals surface area (Å²) in [5.41, 5.74) is 6.82. The smallest absolute Gasteiger partial charge is 0.334 e. The van der Waals surface area contributed by atoms with Gasteiger partial charge >= 0.3 is 10.3 Å². The molecule has 12 nitrogen and oxygen atoms in total. The Balaban J connectivity index is 1.62. The van der Waals surface area contributed by atoms with Crippen LogP contribution in [0.5, 0.6) is 0 Å². The molecule has 4 unspecified atom stereocenters. The highest BCUT2D eigenvalue weighted by molar-refractivity contribution is 7.89. The van der Waals surface area contributed by atoms with Crippen LogP contribution in [-0.2, 0) is 42.3 Å². The Bertz CT molecular complexity index is 1940. The summed E-state index contributed by atoms with van der Waals surface area (Å²) in [4.78, 5) is 14.0. The van der Waals surface area contributed by atoms with E-state index in [-0.39, 0.29) is 23.8 Å². The summed E-state index contributed by atoms with van der Waals surface area (Å²) < 4.78 is 77.1. The average molecular weight is 717 g/mol. The Morgan fingerprint density at radius 3 is 2.12 bits per heavy atom. The fourth-order valence-corrected chi connectivity index (χ4v) is 8.62. The number of nitrogens with two attached hydrogens (primary N) is 1. The van der Waals surface area contributed by atoms with E-state index in [1.165, 1.54) is 24.3 Å². The molecule has 0 saturated carbocycles. The number of carbonyl (C=O) groups excluding carboxylic acids is 1. The van der Waals surface area contributed by atoms with Crippen molar-refractivity contribution in [3.8, 4) is 0 Å². The van der Waals surface area contributed by atoms with Gasteiger partial charge in [0.1, 0.15) is 6.04 Å². The molecule has 15 heteroatoms. The molecule has 0 spiro atoms. The molecule has 0 aliphatic rings. The molecule has 4 aromatic carbocycles. The monoisotopic (exact) mass is 716 g/mol. The molecule has 48 heavy (non-hydrogen) atoms. The van der Waals surface area contributed by atoms with Gasteiger partial charge in [-0.25, -0.2) is 8.42 Å². The van der Waals surface area contributed by atoms with Crippen LogP contribution in [0.15, 0.2) is 107 Å². The lowest BCUT2D eigenvalue weighted by molar-refractivity contribution is -0.123. The molecule has 0 aliphatic heterocycles. The van der Waals surface area contributed by atoms with Crippen molar-refractivity contribution in [3.05, 3.63) is 103 Å². The maximum atomic E-state index is 13.7. The predicted octanol–water partition coefficient (Wildman–Crippen LogP) is 2.73. The molecular formula is C33H40N4O8S3. The molecule has 0 heterocycles. The van der Waals surface area contributed by atoms with Crippen LogP contribution < -0.4 is 15.8 Å². The Labute approximate surface area is 283 Å². The molecule has 0 aromatic heterocycles. The Morgan fingerprint density at radius 1 is 0.875 bits per heavy atom. The minimum absolute atomic E-state index is 0.0261. The second-order valence-corrected chi connectivity index (χ2v) is 16.4. The van der Waals surface area contributed by atoms with Gasteiger partial charge in [-0.15, -0.1) is 0 Å². The number of anilines is 1. The molecule has 4 rings (SSSR count). The zero-order valence-corrected chi connectivity index (χ0v) is 28.9. The van der Waals surface area contributed by atoms with Crippen molar-refractivity contribution in [1.29, 1.82) is 0 Å². The number of aliphatic hydroxyl groups is 1. The molecule has 6 N–H and O–H groups in total. The van der Waals surface area contributed by atoms with Gasteiger partial charge in [0.15, 0.2) is 0 Å². The van der Waals surface area contributed by atoms with Gasteiger partial charge in [-0.3, -0.25) is 13.6 Å². The molecular weight excluding hydrogens is 677 g/mol. The average Bonchev–Trinajstić information content (AvgIpc) is 3.03. The molecule has 4 atom stereocenters. The van der Waals surface area contributed by atoms with Crippen molar-refractivity contribution in [1.82, 2.24) is 14.3 Å². The first-order valence-corrected chi connectivity index (χ1v) is 19.3. The molecule has 0 aliphatic carbocycles. The van der Waals surface area contributed by atoms with E-state index in [1.54, 1.807) is 48.5 Å². The molecule has 0 saturated heterocycles. The third-order valence-corrected chi connectivity index (χ3v) is 11.3. The maximum absolute atomic E-state index is 13.7. The quantitative estimate of drug-likeness (QED) is 0.0856. The maximum Gasteiger partial charge on any atom is 0.334 e. The van der Waals surface area contributed by atoms with Gasteiger partial charge in [0.25, 0.3) is 0 Å². The van der Waals surface area contributed by atoms with Crippen molar-refractivity contribution in [2.45, 2.75) is 48.2 Å². The zero-order valence-electron chi connectivity index (χ0n) is 26.5. The van der Waals surface area contributed by atoms with Crippen molar-refractivity contribution in [2.24, 2.45) is 5.92 Å². The van der Waals surface area contributed by atoms with Crippen LogP contribution in [0.3, 0.4) is 0 Å². The number of carbonyl (C=O) groups is 1. The van der Waals surface area contributed by atoms with Crippen LogP contribution in [0, 0.1) is 5.92 Å². The number of nitrogens with one attached hydrogen (secondary N) is 2. The SMILES string of the molecule is CC(C)CN(CC(O)C(Cc1ccccc1)NC(=O)C(CS(=O)c1ccc2ccccc2c1)NS(=O)(=O)O)S(=O)(=O)c1ccc(N)cc1. The number of nitrogen functional groups attached to an aromatic ring is 1. The highest BCUT2D eigenvalue weighted by Crippen LogP contribution is 2.21. The van der Waals surface area contributed by atoms with E-state index in [9.17, 15) is 35.5 Å². The van der Waals surface area contributed by atoms with Crippen LogP contribution in [-0.4, -0.2) is 77.9 Å². The summed E-state index contributed by atoms with van der Waals surface area (Å²) in [5, 5.41) is 15.9. The number of fused-ring (bicyclic) bond motifs is 1. The second-order valence-electron chi connectivity index (χ2n) is 11.8. The predicted molar refractivity (Wildman–Crippen MR) is 186 cm³/mol. The number of hydrogen-bond donors (Lipinski definition) is 5. The lowest BCUT2D eigenvalue weighted by Crippen LogP contribution is -2.56. The van der Waals surface area contributed by atoms with Crippen LogP contribution in [0.2, 0.25) is 0 Å². The highest BCUT2D eigenvalue weighted by Gasteiger charge is 2.34. The van der Waals surface area contributed by atoms with Crippen LogP contribution in [0.4, 0.5) is 5.69 Å². The fourth-order valence-electron chi connectivity index (χ4n) is 5.14. The Kier molecular flexibility index (Phi) is 12.5. The van der Waals surface area contributed by atoms with Gasteiger partial charge in [-0.2, -0.15) is 17.4 Å². The Hall–Kier alpha value is -3.70. The van der Waals surface area contributed by atoms with Crippen LogP contribution >= 0.6 is 0 Å². The molecule has 0 bridgehead atoms. The summed E-state index contributed by atoms with van der Waals surface area (Å²) in [5.74, 6) is -1.64. The standard InChI is InChI=1S/C33H40N4O8S3/c1-23(2)20-37(47(41,42)29-16-13-27(34)14-17-29)21-32(38)30(18-24-8-4-3-5-9-24)35-33(39)31(36-48(43,44)45)22-46(40)28-15-12-25-10-6-7-11-26(25)19-28/h3-17,19,23,30-32,36,38H,18,20-22,34H2,1-2H3,(H,35,39)(H,43,44,45). The number of benzene rings is 4. The van der Waals surface area contributed by atoms with Crippen molar-refractivity contribution < 1.29 is 35.5 Å². The minimum Gasteiger partial charge on any atom is -0.399 e. The van der Waals surface area contributed by atoms with E-state index in [2.05, 4.69) is 5.32 Å². The van der Waals surface area contributed by atoms with E-state index in [4.69, 9.17) is 5.73 Å². The first-order chi connectivity index (χ1) is 22.6. The normalized spacial score (nSPS) is 14.9. The highest BCUT2D eigenvalue weighted by atomic mass is 32.2. The van der Waals surface area contributed by atoms with E-state index in [0.29, 0.717) is 16.1 Å². The summed E-state index contributed by atoms with van der Waals surface area (Å²) in [6.45, 7) is 3.28. The molecule has 4 aromatic rings. The zero-order chi connectivity index (χ0) is 35.1. The number of nitrogens with zero attached hydrogens (tertiary/aromatic N) is 1. The fraction of sp³-hybridized carbons (Fsp3) is 0.303. The van der Waals surface area contributed by atoms with Gasteiger partial charge in [-0.1, -0.05) is 74.5 Å². The number of sulfonamides is 1. The number of rotatable bonds is 16. The van der Waals surface area contributed by atoms with E-state index >= 15 is 0 Å².